The van der Waals surface area contributed by atoms with E-state index < -0.39 is 7.75 Å². The molecule has 8 heteroatoms. The summed E-state index contributed by atoms with van der Waals surface area (Å²) in [5.41, 5.74) is 0. The van der Waals surface area contributed by atoms with Crippen LogP contribution < -0.4 is 5.09 Å². The molecule has 0 aliphatic rings. The first-order chi connectivity index (χ1) is 22.9. The van der Waals surface area contributed by atoms with Crippen molar-refractivity contribution in [3.63, 3.8) is 0 Å². The van der Waals surface area contributed by atoms with Crippen molar-refractivity contribution in [3.05, 3.63) is 0 Å². The first kappa shape index (κ1) is 46.5. The lowest BCUT2D eigenvalue weighted by Crippen LogP contribution is -2.21. The zero-order chi connectivity index (χ0) is 34.7. The molecule has 0 aliphatic carbocycles. The van der Waals surface area contributed by atoms with Crippen LogP contribution in [0.5, 0.6) is 0 Å². The molecule has 0 saturated carbocycles. The summed E-state index contributed by atoms with van der Waals surface area (Å²) >= 11 is 0. The number of hydrogen-bond acceptors (Lipinski definition) is 6. The van der Waals surface area contributed by atoms with Gasteiger partial charge in [-0.25, -0.2) is 9.65 Å². The Morgan fingerprint density at radius 3 is 1.43 bits per heavy atom. The predicted octanol–water partition coefficient (Wildman–Crippen LogP) is 12.2. The third-order valence-electron chi connectivity index (χ3n) is 8.94. The van der Waals surface area contributed by atoms with Crippen LogP contribution in [0.1, 0.15) is 201 Å². The van der Waals surface area contributed by atoms with E-state index in [0.717, 1.165) is 70.8 Å². The van der Waals surface area contributed by atoms with Crippen molar-refractivity contribution in [1.82, 2.24) is 9.99 Å². The minimum Gasteiger partial charge on any atom is -0.462 e. The molecule has 0 aliphatic heterocycles. The molecule has 0 fully saturated rings. The second-order valence-corrected chi connectivity index (χ2v) is 15.9. The smallest absolute Gasteiger partial charge is 0.405 e. The van der Waals surface area contributed by atoms with Crippen LogP contribution in [-0.2, 0) is 23.1 Å². The lowest BCUT2D eigenvalue weighted by atomic mass is 10.0. The van der Waals surface area contributed by atoms with Crippen LogP contribution in [0.2, 0.25) is 0 Å². The van der Waals surface area contributed by atoms with Crippen LogP contribution in [0, 0.1) is 0 Å². The van der Waals surface area contributed by atoms with E-state index in [1.54, 1.807) is 0 Å². The van der Waals surface area contributed by atoms with Crippen LogP contribution >= 0.6 is 7.75 Å². The number of carbonyl (C=O) groups is 1. The third-order valence-corrected chi connectivity index (χ3v) is 10.6. The highest BCUT2D eigenvalue weighted by Gasteiger charge is 2.23. The molecule has 0 rings (SSSR count). The summed E-state index contributed by atoms with van der Waals surface area (Å²) in [5.74, 6) is -0.0188. The molecular weight excluding hydrogens is 607 g/mol. The number of esters is 1. The van der Waals surface area contributed by atoms with Crippen LogP contribution in [0.25, 0.3) is 0 Å². The maximum atomic E-state index is 13.4. The van der Waals surface area contributed by atoms with Crippen LogP contribution in [0.4, 0.5) is 0 Å². The molecule has 47 heavy (non-hydrogen) atoms. The number of ether oxygens (including phenoxy) is 1. The van der Waals surface area contributed by atoms with Gasteiger partial charge in [-0.15, -0.1) is 0 Å². The zero-order valence-corrected chi connectivity index (χ0v) is 33.0. The molecule has 0 bridgehead atoms. The van der Waals surface area contributed by atoms with E-state index in [4.69, 9.17) is 13.8 Å². The monoisotopic (exact) mass is 689 g/mol. The van der Waals surface area contributed by atoms with E-state index in [1.165, 1.54) is 109 Å². The van der Waals surface area contributed by atoms with E-state index in [-0.39, 0.29) is 12.1 Å². The Morgan fingerprint density at radius 1 is 0.574 bits per heavy atom. The highest BCUT2D eigenvalue weighted by Crippen LogP contribution is 2.44. The van der Waals surface area contributed by atoms with Gasteiger partial charge < -0.3 is 9.64 Å². The molecule has 0 spiro atoms. The Labute approximate surface area is 293 Å². The molecule has 282 valence electrons. The number of hydrogen-bond donors (Lipinski definition) is 1. The van der Waals surface area contributed by atoms with Crippen molar-refractivity contribution in [1.29, 1.82) is 0 Å². The Bertz CT molecular complexity index is 693. The van der Waals surface area contributed by atoms with Crippen molar-refractivity contribution in [3.8, 4) is 0 Å². The molecule has 0 aromatic rings. The summed E-state index contributed by atoms with van der Waals surface area (Å²) in [6.07, 6.45) is 31.9. The maximum absolute atomic E-state index is 13.4. The second kappa shape index (κ2) is 35.4. The van der Waals surface area contributed by atoms with Crippen molar-refractivity contribution in [2.24, 2.45) is 0 Å². The highest BCUT2D eigenvalue weighted by atomic mass is 31.2. The largest absolute Gasteiger partial charge is 0.462 e. The summed E-state index contributed by atoms with van der Waals surface area (Å²) in [5, 5.41) is 3.09. The number of unbranched alkanes of at least 4 members (excludes halogenated alkanes) is 20. The minimum absolute atomic E-state index is 0.0188. The summed E-state index contributed by atoms with van der Waals surface area (Å²) in [6.45, 7) is 9.19. The number of carbonyl (C=O) groups excluding carboxylic acids is 1. The van der Waals surface area contributed by atoms with E-state index in [2.05, 4.69) is 30.8 Å². The average Bonchev–Trinajstić information content (AvgIpc) is 3.05. The van der Waals surface area contributed by atoms with Gasteiger partial charge >= 0.3 is 13.7 Å². The van der Waals surface area contributed by atoms with Crippen molar-refractivity contribution >= 4 is 13.7 Å². The molecule has 0 radical (unpaired) electrons. The molecule has 1 N–H and O–H groups in total. The highest BCUT2D eigenvalue weighted by molar-refractivity contribution is 7.51. The van der Waals surface area contributed by atoms with Gasteiger partial charge in [0.2, 0.25) is 0 Å². The lowest BCUT2D eigenvalue weighted by molar-refractivity contribution is -0.150. The summed E-state index contributed by atoms with van der Waals surface area (Å²) in [4.78, 5) is 14.8. The molecule has 1 unspecified atom stereocenters. The fourth-order valence-electron chi connectivity index (χ4n) is 5.88. The Balaban J connectivity index is 4.31. The molecule has 0 amide bonds. The van der Waals surface area contributed by atoms with Crippen LogP contribution in [0.3, 0.4) is 0 Å². The minimum atomic E-state index is -3.29. The zero-order valence-electron chi connectivity index (χ0n) is 32.1. The average molecular weight is 689 g/mol. The van der Waals surface area contributed by atoms with Crippen molar-refractivity contribution in [2.75, 3.05) is 40.4 Å². The van der Waals surface area contributed by atoms with Gasteiger partial charge in [-0.2, -0.15) is 0 Å². The first-order valence-electron chi connectivity index (χ1n) is 20.3. The van der Waals surface area contributed by atoms with Crippen LogP contribution in [0.15, 0.2) is 0 Å². The Hall–Kier alpha value is -0.460. The Kier molecular flexibility index (Phi) is 35.0. The quantitative estimate of drug-likeness (QED) is 0.0393. The second-order valence-electron chi connectivity index (χ2n) is 14.1. The molecule has 7 nitrogen and oxygen atoms in total. The van der Waals surface area contributed by atoms with Gasteiger partial charge in [0.1, 0.15) is 6.10 Å². The fourth-order valence-corrected chi connectivity index (χ4v) is 7.31. The molecule has 0 aromatic carbocycles. The van der Waals surface area contributed by atoms with Gasteiger partial charge in [-0.05, 0) is 72.0 Å². The van der Waals surface area contributed by atoms with Crippen molar-refractivity contribution < 1.29 is 23.1 Å². The van der Waals surface area contributed by atoms with E-state index in [0.29, 0.717) is 26.2 Å². The number of nitrogens with one attached hydrogen (secondary N) is 1. The number of nitrogens with zero attached hydrogens (tertiary/aromatic N) is 1. The fraction of sp³-hybridized carbons (Fsp3) is 0.974. The van der Waals surface area contributed by atoms with Gasteiger partial charge in [0, 0.05) is 13.0 Å². The first-order valence-corrected chi connectivity index (χ1v) is 21.9. The Morgan fingerprint density at radius 2 is 0.979 bits per heavy atom. The van der Waals surface area contributed by atoms with Gasteiger partial charge in [0.05, 0.1) is 13.2 Å². The lowest BCUT2D eigenvalue weighted by Gasteiger charge is -2.20. The molecule has 0 saturated heterocycles. The molecular formula is C39H81N2O5P. The number of rotatable bonds is 38. The van der Waals surface area contributed by atoms with Gasteiger partial charge in [0.15, 0.2) is 0 Å². The topological polar surface area (TPSA) is 77.1 Å². The third kappa shape index (κ3) is 33.8. The van der Waals surface area contributed by atoms with Gasteiger partial charge in [-0.1, -0.05) is 143 Å². The maximum Gasteiger partial charge on any atom is 0.405 e. The summed E-state index contributed by atoms with van der Waals surface area (Å²) < 4.78 is 31.0. The molecule has 0 aromatic heterocycles. The molecule has 1 atom stereocenters. The van der Waals surface area contributed by atoms with Gasteiger partial charge in [-0.3, -0.25) is 13.8 Å². The van der Waals surface area contributed by atoms with Crippen molar-refractivity contribution in [2.45, 2.75) is 207 Å². The van der Waals surface area contributed by atoms with Gasteiger partial charge in [0.25, 0.3) is 0 Å². The predicted molar refractivity (Wildman–Crippen MR) is 202 cm³/mol. The normalized spacial score (nSPS) is 13.1. The summed E-state index contributed by atoms with van der Waals surface area (Å²) in [6, 6.07) is 0. The standard InChI is InChI=1S/C39H81N2O5P/c1-6-9-12-15-18-23-28-36-44-47(43,40-34-30-35-41(4)5)45-37-29-24-19-22-27-33-39(42)46-38(31-25-20-16-13-10-7-2)32-26-21-17-14-11-8-3/h38H,6-37H2,1-5H3,(H,40,43). The van der Waals surface area contributed by atoms with E-state index >= 15 is 0 Å². The summed E-state index contributed by atoms with van der Waals surface area (Å²) in [7, 11) is 0.791. The van der Waals surface area contributed by atoms with E-state index in [1.807, 2.05) is 14.1 Å². The van der Waals surface area contributed by atoms with E-state index in [9.17, 15) is 9.36 Å². The van der Waals surface area contributed by atoms with Crippen LogP contribution in [-0.4, -0.2) is 57.4 Å². The molecule has 0 heterocycles. The SMILES string of the molecule is CCCCCCCCCOP(=O)(NCCCN(C)C)OCCCCCCCC(=O)OC(CCCCCCCC)CCCCCCCC.